The van der Waals surface area contributed by atoms with E-state index < -0.39 is 0 Å². The van der Waals surface area contributed by atoms with Crippen LogP contribution in [-0.2, 0) is 4.79 Å². The molecule has 2 amide bonds. The molecule has 1 aromatic heterocycles. The number of aryl methyl sites for hydroxylation is 1. The van der Waals surface area contributed by atoms with E-state index in [9.17, 15) is 9.59 Å². The molecule has 0 aliphatic rings. The average Bonchev–Trinajstić information content (AvgIpc) is 3.47. The summed E-state index contributed by atoms with van der Waals surface area (Å²) < 4.78 is 6.53. The lowest BCUT2D eigenvalue weighted by atomic mass is 10.1. The van der Waals surface area contributed by atoms with Gasteiger partial charge in [-0.25, -0.2) is 10.4 Å². The Labute approximate surface area is 255 Å². The van der Waals surface area contributed by atoms with Crippen LogP contribution < -0.4 is 20.8 Å². The number of carbonyl (C=O) groups is 2. The molecule has 3 N–H and O–H groups in total. The minimum Gasteiger partial charge on any atom is -0.483 e. The van der Waals surface area contributed by atoms with E-state index in [1.165, 1.54) is 17.6 Å². The van der Waals surface area contributed by atoms with Gasteiger partial charge in [-0.1, -0.05) is 64.0 Å². The van der Waals surface area contributed by atoms with Crippen LogP contribution in [0.4, 0.5) is 16.5 Å². The van der Waals surface area contributed by atoms with Gasteiger partial charge in [0.2, 0.25) is 0 Å². The third-order valence-corrected chi connectivity index (χ3v) is 7.26. The number of nitrogens with zero attached hydrogens (tertiary/aromatic N) is 2. The van der Waals surface area contributed by atoms with Crippen molar-refractivity contribution in [2.24, 2.45) is 5.10 Å². The maximum Gasteiger partial charge on any atom is 0.271 e. The zero-order valence-corrected chi connectivity index (χ0v) is 24.9. The summed E-state index contributed by atoms with van der Waals surface area (Å²) in [6.45, 7) is 1.80. The number of aromatic nitrogens is 1. The molecule has 0 spiro atoms. The first kappa shape index (κ1) is 28.7. The second kappa shape index (κ2) is 13.7. The number of benzene rings is 4. The Kier molecular flexibility index (Phi) is 9.37. The van der Waals surface area contributed by atoms with E-state index in [1.54, 1.807) is 30.3 Å². The second-order valence-corrected chi connectivity index (χ2v) is 11.0. The van der Waals surface area contributed by atoms with E-state index in [0.717, 1.165) is 32.1 Å². The molecule has 0 fully saturated rings. The highest BCUT2D eigenvalue weighted by Gasteiger charge is 2.10. The van der Waals surface area contributed by atoms with E-state index in [-0.39, 0.29) is 18.4 Å². The molecule has 0 aliphatic heterocycles. The van der Waals surface area contributed by atoms with Crippen molar-refractivity contribution in [1.82, 2.24) is 10.4 Å². The number of hydrogen-bond donors (Lipinski definition) is 3. The number of thiazole rings is 1. The monoisotopic (exact) mass is 639 g/mol. The lowest BCUT2D eigenvalue weighted by Gasteiger charge is -2.10. The van der Waals surface area contributed by atoms with Crippen LogP contribution in [0.15, 0.2) is 112 Å². The molecular formula is C32H26BrN5O3S. The van der Waals surface area contributed by atoms with E-state index in [2.05, 4.69) is 42.1 Å². The quantitative estimate of drug-likeness (QED) is 0.109. The third kappa shape index (κ3) is 7.90. The van der Waals surface area contributed by atoms with Gasteiger partial charge in [0.05, 0.1) is 11.9 Å². The van der Waals surface area contributed by atoms with Crippen LogP contribution in [0.25, 0.3) is 11.3 Å². The molecule has 1 heterocycles. The number of hydrazone groups is 1. The van der Waals surface area contributed by atoms with Crippen LogP contribution in [-0.4, -0.2) is 29.6 Å². The van der Waals surface area contributed by atoms with Crippen molar-refractivity contribution in [2.75, 3.05) is 17.2 Å². The number of anilines is 3. The molecule has 0 radical (unpaired) electrons. The molecule has 42 heavy (non-hydrogen) atoms. The predicted molar refractivity (Wildman–Crippen MR) is 172 cm³/mol. The van der Waals surface area contributed by atoms with Gasteiger partial charge in [0.25, 0.3) is 11.8 Å². The Balaban J connectivity index is 1.16. The molecule has 0 saturated heterocycles. The molecular weight excluding hydrogens is 614 g/mol. The number of rotatable bonds is 10. The predicted octanol–water partition coefficient (Wildman–Crippen LogP) is 7.41. The largest absolute Gasteiger partial charge is 0.483 e. The number of amides is 2. The molecule has 0 saturated carbocycles. The van der Waals surface area contributed by atoms with Gasteiger partial charge in [0.1, 0.15) is 5.75 Å². The van der Waals surface area contributed by atoms with E-state index in [1.807, 2.05) is 79.0 Å². The van der Waals surface area contributed by atoms with Gasteiger partial charge in [-0.15, -0.1) is 11.3 Å². The zero-order chi connectivity index (χ0) is 29.3. The molecule has 8 nitrogen and oxygen atoms in total. The fraction of sp³-hybridized carbons (Fsp3) is 0.0625. The molecule has 0 unspecified atom stereocenters. The molecule has 0 atom stereocenters. The average molecular weight is 641 g/mol. The van der Waals surface area contributed by atoms with Gasteiger partial charge in [0, 0.05) is 37.9 Å². The SMILES string of the molecule is Cc1ccc(NC(=O)COc2ccc(Br)cc2/C=N/NC(=O)c2ccc(-c3csc(Nc4ccccc4)n3)cc2)cc1. The van der Waals surface area contributed by atoms with Crippen molar-refractivity contribution in [3.05, 3.63) is 124 Å². The van der Waals surface area contributed by atoms with E-state index in [4.69, 9.17) is 4.74 Å². The first-order valence-corrected chi connectivity index (χ1v) is 14.6. The van der Waals surface area contributed by atoms with Crippen molar-refractivity contribution in [3.8, 4) is 17.0 Å². The van der Waals surface area contributed by atoms with Gasteiger partial charge in [-0.2, -0.15) is 5.10 Å². The zero-order valence-electron chi connectivity index (χ0n) is 22.5. The molecule has 0 bridgehead atoms. The minimum atomic E-state index is -0.363. The van der Waals surface area contributed by atoms with E-state index in [0.29, 0.717) is 22.6 Å². The molecule has 10 heteroatoms. The third-order valence-electron chi connectivity index (χ3n) is 6.01. The standard InChI is InChI=1S/C32H26BrN5O3S/c1-21-7-14-27(15-8-21)35-30(39)19-41-29-16-13-25(33)17-24(29)18-34-38-31(40)23-11-9-22(10-12-23)28-20-42-32(37-28)36-26-5-3-2-4-6-26/h2-18,20H,19H2,1H3,(H,35,39)(H,36,37)(H,38,40)/b34-18+. The topological polar surface area (TPSA) is 105 Å². The minimum absolute atomic E-state index is 0.183. The lowest BCUT2D eigenvalue weighted by Crippen LogP contribution is -2.20. The Morgan fingerprint density at radius 2 is 1.71 bits per heavy atom. The van der Waals surface area contributed by atoms with Crippen molar-refractivity contribution in [1.29, 1.82) is 0 Å². The second-order valence-electron chi connectivity index (χ2n) is 9.19. The number of carbonyl (C=O) groups excluding carboxylic acids is 2. The van der Waals surface area contributed by atoms with Crippen LogP contribution in [0.3, 0.4) is 0 Å². The summed E-state index contributed by atoms with van der Waals surface area (Å²) in [4.78, 5) is 29.7. The first-order chi connectivity index (χ1) is 20.4. The number of halogens is 1. The summed E-state index contributed by atoms with van der Waals surface area (Å²) in [5, 5.41) is 12.9. The Morgan fingerprint density at radius 3 is 2.48 bits per heavy atom. The normalized spacial score (nSPS) is 10.8. The fourth-order valence-corrected chi connectivity index (χ4v) is 4.97. The Morgan fingerprint density at radius 1 is 0.952 bits per heavy atom. The van der Waals surface area contributed by atoms with E-state index >= 15 is 0 Å². The van der Waals surface area contributed by atoms with Gasteiger partial charge < -0.3 is 15.4 Å². The highest BCUT2D eigenvalue weighted by Crippen LogP contribution is 2.27. The first-order valence-electron chi connectivity index (χ1n) is 12.9. The van der Waals surface area contributed by atoms with Crippen molar-refractivity contribution in [2.45, 2.75) is 6.92 Å². The summed E-state index contributed by atoms with van der Waals surface area (Å²) >= 11 is 4.95. The maximum absolute atomic E-state index is 12.7. The summed E-state index contributed by atoms with van der Waals surface area (Å²) in [7, 11) is 0. The maximum atomic E-state index is 12.7. The molecule has 5 aromatic rings. The van der Waals surface area contributed by atoms with Crippen molar-refractivity contribution < 1.29 is 14.3 Å². The molecule has 5 rings (SSSR count). The van der Waals surface area contributed by atoms with Crippen LogP contribution >= 0.6 is 27.3 Å². The van der Waals surface area contributed by atoms with Crippen molar-refractivity contribution >= 4 is 61.8 Å². The van der Waals surface area contributed by atoms with Crippen LogP contribution in [0.1, 0.15) is 21.5 Å². The summed E-state index contributed by atoms with van der Waals surface area (Å²) in [5.41, 5.74) is 8.07. The number of hydrogen-bond acceptors (Lipinski definition) is 7. The van der Waals surface area contributed by atoms with Crippen molar-refractivity contribution in [3.63, 3.8) is 0 Å². The number of nitrogens with one attached hydrogen (secondary N) is 3. The van der Waals surface area contributed by atoms with Gasteiger partial charge >= 0.3 is 0 Å². The van der Waals surface area contributed by atoms with Crippen LogP contribution in [0, 0.1) is 6.92 Å². The number of ether oxygens (including phenoxy) is 1. The highest BCUT2D eigenvalue weighted by molar-refractivity contribution is 9.10. The lowest BCUT2D eigenvalue weighted by molar-refractivity contribution is -0.118. The Hall–Kier alpha value is -4.80. The fourth-order valence-electron chi connectivity index (χ4n) is 3.85. The molecule has 0 aliphatic carbocycles. The summed E-state index contributed by atoms with van der Waals surface area (Å²) in [5.74, 6) is -0.204. The smallest absolute Gasteiger partial charge is 0.271 e. The van der Waals surface area contributed by atoms with Gasteiger partial charge in [-0.3, -0.25) is 9.59 Å². The summed E-state index contributed by atoms with van der Waals surface area (Å²) in [6.07, 6.45) is 1.47. The molecule has 4 aromatic carbocycles. The number of para-hydroxylation sites is 1. The Bertz CT molecular complexity index is 1700. The van der Waals surface area contributed by atoms with Crippen LogP contribution in [0.5, 0.6) is 5.75 Å². The highest BCUT2D eigenvalue weighted by atomic mass is 79.9. The summed E-state index contributed by atoms with van der Waals surface area (Å²) in [6, 6.07) is 29.8. The van der Waals surface area contributed by atoms with Gasteiger partial charge in [0.15, 0.2) is 11.7 Å². The molecule has 210 valence electrons. The van der Waals surface area contributed by atoms with Gasteiger partial charge in [-0.05, 0) is 61.5 Å². The van der Waals surface area contributed by atoms with Crippen LogP contribution in [0.2, 0.25) is 0 Å².